The topological polar surface area (TPSA) is 82.1 Å². The summed E-state index contributed by atoms with van der Waals surface area (Å²) in [5.74, 6) is -0.772. The number of phenols is 1. The van der Waals surface area contributed by atoms with Gasteiger partial charge in [-0.2, -0.15) is 0 Å². The Hall–Kier alpha value is -3.13. The highest BCUT2D eigenvalue weighted by atomic mass is 19.1. The summed E-state index contributed by atoms with van der Waals surface area (Å²) in [7, 11) is 2.05. The monoisotopic (exact) mass is 429 g/mol. The SMILES string of the molecule is CC(=O)Oc1cc(F)ccc1CN(C(=O)NCc1ccc(O)cc1)C1CCN(C)CC1. The van der Waals surface area contributed by atoms with E-state index in [1.54, 1.807) is 35.2 Å². The van der Waals surface area contributed by atoms with Crippen molar-refractivity contribution < 1.29 is 23.8 Å². The van der Waals surface area contributed by atoms with E-state index in [-0.39, 0.29) is 30.1 Å². The van der Waals surface area contributed by atoms with Gasteiger partial charge in [0, 0.05) is 31.1 Å². The summed E-state index contributed by atoms with van der Waals surface area (Å²) >= 11 is 0. The van der Waals surface area contributed by atoms with Gasteiger partial charge in [0.05, 0.1) is 6.54 Å². The predicted octanol–water partition coefficient (Wildman–Crippen LogP) is 3.26. The van der Waals surface area contributed by atoms with Crippen LogP contribution in [0.15, 0.2) is 42.5 Å². The molecule has 2 amide bonds. The molecule has 2 aromatic rings. The van der Waals surface area contributed by atoms with Crippen molar-refractivity contribution in [3.8, 4) is 11.5 Å². The van der Waals surface area contributed by atoms with Crippen molar-refractivity contribution in [2.24, 2.45) is 0 Å². The fourth-order valence-electron chi connectivity index (χ4n) is 3.66. The molecule has 31 heavy (non-hydrogen) atoms. The van der Waals surface area contributed by atoms with Crippen LogP contribution in [0.1, 0.15) is 30.9 Å². The summed E-state index contributed by atoms with van der Waals surface area (Å²) in [6.07, 6.45) is 1.63. The lowest BCUT2D eigenvalue weighted by Gasteiger charge is -2.37. The van der Waals surface area contributed by atoms with E-state index < -0.39 is 11.8 Å². The number of ether oxygens (including phenoxy) is 1. The van der Waals surface area contributed by atoms with Gasteiger partial charge in [-0.25, -0.2) is 9.18 Å². The van der Waals surface area contributed by atoms with Gasteiger partial charge in [0.1, 0.15) is 17.3 Å². The second-order valence-corrected chi connectivity index (χ2v) is 7.83. The Bertz CT molecular complexity index is 912. The number of amides is 2. The molecule has 0 saturated carbocycles. The summed E-state index contributed by atoms with van der Waals surface area (Å²) < 4.78 is 18.9. The third-order valence-corrected chi connectivity index (χ3v) is 5.39. The quantitative estimate of drug-likeness (QED) is 0.544. The molecule has 0 aliphatic carbocycles. The van der Waals surface area contributed by atoms with Crippen LogP contribution in [0.4, 0.5) is 9.18 Å². The van der Waals surface area contributed by atoms with Crippen LogP contribution >= 0.6 is 0 Å². The zero-order valence-electron chi connectivity index (χ0n) is 17.8. The third-order valence-electron chi connectivity index (χ3n) is 5.39. The van der Waals surface area contributed by atoms with Crippen molar-refractivity contribution in [3.05, 3.63) is 59.4 Å². The van der Waals surface area contributed by atoms with Crippen LogP contribution < -0.4 is 10.1 Å². The van der Waals surface area contributed by atoms with Gasteiger partial charge in [-0.3, -0.25) is 4.79 Å². The Morgan fingerprint density at radius 1 is 1.19 bits per heavy atom. The Morgan fingerprint density at radius 2 is 1.87 bits per heavy atom. The molecular formula is C23H28FN3O4. The van der Waals surface area contributed by atoms with Crippen molar-refractivity contribution >= 4 is 12.0 Å². The number of carbonyl (C=O) groups is 2. The number of aromatic hydroxyl groups is 1. The summed E-state index contributed by atoms with van der Waals surface area (Å²) in [4.78, 5) is 28.5. The fraction of sp³-hybridized carbons (Fsp3) is 0.391. The molecule has 2 N–H and O–H groups in total. The standard InChI is InChI=1S/C23H28FN3O4/c1-16(28)31-22-13-19(24)6-5-18(22)15-27(20-9-11-26(2)12-10-20)23(30)25-14-17-3-7-21(29)8-4-17/h3-8,13,20,29H,9-12,14-15H2,1-2H3,(H,25,30). The van der Waals surface area contributed by atoms with E-state index >= 15 is 0 Å². The van der Waals surface area contributed by atoms with Crippen molar-refractivity contribution in [2.75, 3.05) is 20.1 Å². The first-order valence-electron chi connectivity index (χ1n) is 10.3. The lowest BCUT2D eigenvalue weighted by Crippen LogP contribution is -2.49. The molecule has 7 nitrogen and oxygen atoms in total. The Labute approximate surface area is 181 Å². The number of nitrogens with zero attached hydrogens (tertiary/aromatic N) is 2. The molecule has 0 radical (unpaired) electrons. The minimum atomic E-state index is -0.547. The van der Waals surface area contributed by atoms with Gasteiger partial charge < -0.3 is 25.0 Å². The maximum absolute atomic E-state index is 13.7. The van der Waals surface area contributed by atoms with E-state index in [2.05, 4.69) is 10.2 Å². The van der Waals surface area contributed by atoms with Crippen LogP contribution in [0.2, 0.25) is 0 Å². The number of esters is 1. The second kappa shape index (κ2) is 10.3. The predicted molar refractivity (Wildman–Crippen MR) is 114 cm³/mol. The van der Waals surface area contributed by atoms with Crippen molar-refractivity contribution in [2.45, 2.75) is 38.9 Å². The maximum Gasteiger partial charge on any atom is 0.318 e. The van der Waals surface area contributed by atoms with E-state index in [0.717, 1.165) is 37.6 Å². The zero-order chi connectivity index (χ0) is 22.4. The molecule has 8 heteroatoms. The summed E-state index contributed by atoms with van der Waals surface area (Å²) in [6, 6.07) is 10.4. The second-order valence-electron chi connectivity index (χ2n) is 7.83. The minimum Gasteiger partial charge on any atom is -0.508 e. The van der Waals surface area contributed by atoms with E-state index in [1.807, 2.05) is 7.05 Å². The number of phenolic OH excluding ortho intramolecular Hbond substituents is 1. The number of nitrogens with one attached hydrogen (secondary N) is 1. The number of urea groups is 1. The number of rotatable bonds is 6. The average molecular weight is 429 g/mol. The molecule has 166 valence electrons. The first kappa shape index (κ1) is 22.6. The summed E-state index contributed by atoms with van der Waals surface area (Å²) in [5, 5.41) is 12.4. The third kappa shape index (κ3) is 6.42. The van der Waals surface area contributed by atoms with E-state index in [9.17, 15) is 19.1 Å². The van der Waals surface area contributed by atoms with Crippen LogP contribution in [-0.2, 0) is 17.9 Å². The average Bonchev–Trinajstić information content (AvgIpc) is 2.73. The number of hydrogen-bond donors (Lipinski definition) is 2. The van der Waals surface area contributed by atoms with Crippen molar-refractivity contribution in [1.82, 2.24) is 15.1 Å². The van der Waals surface area contributed by atoms with Gasteiger partial charge in [0.2, 0.25) is 0 Å². The van der Waals surface area contributed by atoms with Crippen LogP contribution in [0.3, 0.4) is 0 Å². The van der Waals surface area contributed by atoms with Crippen LogP contribution in [-0.4, -0.2) is 53.1 Å². The van der Waals surface area contributed by atoms with Gasteiger partial charge in [0.25, 0.3) is 0 Å². The molecule has 1 aliphatic heterocycles. The number of likely N-dealkylation sites (tertiary alicyclic amines) is 1. The first-order valence-corrected chi connectivity index (χ1v) is 10.3. The van der Waals surface area contributed by atoms with Crippen LogP contribution in [0, 0.1) is 5.82 Å². The van der Waals surface area contributed by atoms with Crippen LogP contribution in [0.25, 0.3) is 0 Å². The fourth-order valence-corrected chi connectivity index (χ4v) is 3.66. The molecule has 2 aromatic carbocycles. The zero-order valence-corrected chi connectivity index (χ0v) is 17.8. The molecule has 0 bridgehead atoms. The van der Waals surface area contributed by atoms with Gasteiger partial charge in [-0.15, -0.1) is 0 Å². The normalized spacial score (nSPS) is 14.8. The summed E-state index contributed by atoms with van der Waals surface area (Å²) in [5.41, 5.74) is 1.42. The smallest absolute Gasteiger partial charge is 0.318 e. The van der Waals surface area contributed by atoms with Crippen LogP contribution in [0.5, 0.6) is 11.5 Å². The lowest BCUT2D eigenvalue weighted by atomic mass is 10.0. The number of halogens is 1. The lowest BCUT2D eigenvalue weighted by molar-refractivity contribution is -0.131. The van der Waals surface area contributed by atoms with Gasteiger partial charge in [0.15, 0.2) is 0 Å². The van der Waals surface area contributed by atoms with Crippen molar-refractivity contribution in [1.29, 1.82) is 0 Å². The largest absolute Gasteiger partial charge is 0.508 e. The number of carbonyl (C=O) groups excluding carboxylic acids is 2. The molecule has 0 unspecified atom stereocenters. The first-order chi connectivity index (χ1) is 14.8. The van der Waals surface area contributed by atoms with Gasteiger partial charge in [-0.1, -0.05) is 18.2 Å². The number of benzene rings is 2. The molecule has 1 aliphatic rings. The molecule has 0 aromatic heterocycles. The number of hydrogen-bond acceptors (Lipinski definition) is 5. The molecule has 1 heterocycles. The highest BCUT2D eigenvalue weighted by Crippen LogP contribution is 2.25. The Morgan fingerprint density at radius 3 is 2.52 bits per heavy atom. The van der Waals surface area contributed by atoms with Crippen molar-refractivity contribution in [3.63, 3.8) is 0 Å². The Kier molecular flexibility index (Phi) is 7.46. The molecule has 0 atom stereocenters. The minimum absolute atomic E-state index is 0.00579. The van der Waals surface area contributed by atoms with E-state index in [1.165, 1.54) is 13.0 Å². The molecule has 1 saturated heterocycles. The van der Waals surface area contributed by atoms with Gasteiger partial charge >= 0.3 is 12.0 Å². The number of piperidine rings is 1. The highest BCUT2D eigenvalue weighted by Gasteiger charge is 2.28. The molecule has 3 rings (SSSR count). The molecule has 0 spiro atoms. The molecular weight excluding hydrogens is 401 g/mol. The molecule has 1 fully saturated rings. The maximum atomic E-state index is 13.7. The Balaban J connectivity index is 1.78. The van der Waals surface area contributed by atoms with Gasteiger partial charge in [-0.05, 0) is 56.7 Å². The van der Waals surface area contributed by atoms with E-state index in [4.69, 9.17) is 4.74 Å². The highest BCUT2D eigenvalue weighted by molar-refractivity contribution is 5.75. The van der Waals surface area contributed by atoms with E-state index in [0.29, 0.717) is 12.1 Å². The summed E-state index contributed by atoms with van der Waals surface area (Å²) in [6.45, 7) is 3.49.